The van der Waals surface area contributed by atoms with Gasteiger partial charge in [-0.05, 0) is 44.7 Å². The third-order valence-corrected chi connectivity index (χ3v) is 8.44. The molecule has 2 bridgehead atoms. The van der Waals surface area contributed by atoms with E-state index in [2.05, 4.69) is 0 Å². The van der Waals surface area contributed by atoms with Crippen LogP contribution in [0.3, 0.4) is 0 Å². The highest BCUT2D eigenvalue weighted by Gasteiger charge is 2.49. The van der Waals surface area contributed by atoms with Crippen molar-refractivity contribution in [1.82, 2.24) is 4.31 Å². The van der Waals surface area contributed by atoms with Gasteiger partial charge in [0.1, 0.15) is 9.84 Å². The maximum atomic E-state index is 12.9. The van der Waals surface area contributed by atoms with Crippen LogP contribution in [0.1, 0.15) is 31.2 Å². The second-order valence-corrected chi connectivity index (χ2v) is 10.6. The van der Waals surface area contributed by atoms with Crippen molar-refractivity contribution in [2.24, 2.45) is 0 Å². The first-order chi connectivity index (χ1) is 10.2. The van der Waals surface area contributed by atoms with Crippen LogP contribution in [0, 0.1) is 6.92 Å². The van der Waals surface area contributed by atoms with Crippen LogP contribution in [0.15, 0.2) is 29.2 Å². The fourth-order valence-corrected chi connectivity index (χ4v) is 6.69. The van der Waals surface area contributed by atoms with Crippen molar-refractivity contribution in [2.45, 2.75) is 54.8 Å². The first-order valence-electron chi connectivity index (χ1n) is 7.48. The lowest BCUT2D eigenvalue weighted by Crippen LogP contribution is -2.49. The predicted molar refractivity (Wildman–Crippen MR) is 84.9 cm³/mol. The molecule has 0 radical (unpaired) electrons. The van der Waals surface area contributed by atoms with E-state index in [1.807, 2.05) is 6.92 Å². The molecule has 0 N–H and O–H groups in total. The molecule has 3 rings (SSSR count). The first kappa shape index (κ1) is 16.0. The van der Waals surface area contributed by atoms with Gasteiger partial charge in [-0.1, -0.05) is 17.7 Å². The summed E-state index contributed by atoms with van der Waals surface area (Å²) in [5, 5.41) is -0.408. The van der Waals surface area contributed by atoms with Crippen molar-refractivity contribution < 1.29 is 16.8 Å². The lowest BCUT2D eigenvalue weighted by Gasteiger charge is -2.37. The molecule has 1 aromatic carbocycles. The minimum absolute atomic E-state index is 0.190. The Bertz CT molecular complexity index is 754. The molecule has 0 aliphatic carbocycles. The zero-order chi connectivity index (χ0) is 16.1. The largest absolute Gasteiger partial charge is 0.243 e. The van der Waals surface area contributed by atoms with Crippen LogP contribution in [0.25, 0.3) is 0 Å². The number of piperidine rings is 1. The molecule has 5 nitrogen and oxygen atoms in total. The number of rotatable bonds is 3. The Labute approximate surface area is 132 Å². The molecule has 0 spiro atoms. The van der Waals surface area contributed by atoms with Gasteiger partial charge in [0, 0.05) is 18.3 Å². The van der Waals surface area contributed by atoms with Crippen molar-refractivity contribution in [3.05, 3.63) is 29.8 Å². The number of fused-ring (bicyclic) bond motifs is 2. The van der Waals surface area contributed by atoms with E-state index in [0.717, 1.165) is 18.4 Å². The molecule has 1 aromatic rings. The van der Waals surface area contributed by atoms with Gasteiger partial charge < -0.3 is 0 Å². The number of nitrogens with zero attached hydrogens (tertiary/aromatic N) is 1. The van der Waals surface area contributed by atoms with Gasteiger partial charge >= 0.3 is 0 Å². The van der Waals surface area contributed by atoms with Crippen LogP contribution in [0.2, 0.25) is 0 Å². The lowest BCUT2D eigenvalue weighted by atomic mass is 10.1. The number of hydrogen-bond acceptors (Lipinski definition) is 4. The van der Waals surface area contributed by atoms with Gasteiger partial charge in [-0.25, -0.2) is 16.8 Å². The molecule has 0 amide bonds. The number of sulfone groups is 1. The molecule has 2 unspecified atom stereocenters. The highest BCUT2D eigenvalue weighted by Crippen LogP contribution is 2.41. The lowest BCUT2D eigenvalue weighted by molar-refractivity contribution is 0.249. The molecule has 2 aliphatic heterocycles. The minimum atomic E-state index is -3.55. The van der Waals surface area contributed by atoms with E-state index in [-0.39, 0.29) is 12.1 Å². The predicted octanol–water partition coefficient (Wildman–Crippen LogP) is 1.72. The monoisotopic (exact) mass is 343 g/mol. The maximum Gasteiger partial charge on any atom is 0.243 e. The Balaban J connectivity index is 1.92. The summed E-state index contributed by atoms with van der Waals surface area (Å²) in [6.07, 6.45) is 3.59. The summed E-state index contributed by atoms with van der Waals surface area (Å²) >= 11 is 0. The molecule has 2 fully saturated rings. The van der Waals surface area contributed by atoms with E-state index in [0.29, 0.717) is 17.7 Å². The topological polar surface area (TPSA) is 71.5 Å². The van der Waals surface area contributed by atoms with Crippen molar-refractivity contribution in [1.29, 1.82) is 0 Å². The summed E-state index contributed by atoms with van der Waals surface area (Å²) < 4.78 is 51.0. The van der Waals surface area contributed by atoms with Crippen molar-refractivity contribution >= 4 is 19.9 Å². The van der Waals surface area contributed by atoms with Crippen molar-refractivity contribution in [3.63, 3.8) is 0 Å². The number of benzene rings is 1. The Morgan fingerprint density at radius 1 is 0.955 bits per heavy atom. The van der Waals surface area contributed by atoms with Crippen molar-refractivity contribution in [3.8, 4) is 0 Å². The maximum absolute atomic E-state index is 12.9. The first-order valence-corrected chi connectivity index (χ1v) is 10.9. The zero-order valence-electron chi connectivity index (χ0n) is 12.8. The summed E-state index contributed by atoms with van der Waals surface area (Å²) in [4.78, 5) is 0.299. The molecule has 2 atom stereocenters. The van der Waals surface area contributed by atoms with Crippen LogP contribution in [0.4, 0.5) is 0 Å². The van der Waals surface area contributed by atoms with E-state index in [4.69, 9.17) is 0 Å². The Kier molecular flexibility index (Phi) is 3.86. The van der Waals surface area contributed by atoms with E-state index in [1.54, 1.807) is 28.6 Å². The third kappa shape index (κ3) is 2.70. The molecule has 2 aliphatic rings. The standard InChI is InChI=1S/C15H21NO4S2/c1-11-3-7-14(8-4-11)22(19,20)16-12-5-6-13(16)10-15(9-12)21(2,17)18/h3-4,7-8,12-13,15H,5-6,9-10H2,1-2H3. The quantitative estimate of drug-likeness (QED) is 0.838. The van der Waals surface area contributed by atoms with Gasteiger partial charge in [-0.2, -0.15) is 4.31 Å². The minimum Gasteiger partial charge on any atom is -0.229 e. The fraction of sp³-hybridized carbons (Fsp3) is 0.600. The highest BCUT2D eigenvalue weighted by molar-refractivity contribution is 7.91. The SMILES string of the molecule is Cc1ccc(S(=O)(=O)N2C3CCC2CC(S(C)(=O)=O)C3)cc1. The molecule has 122 valence electrons. The highest BCUT2D eigenvalue weighted by atomic mass is 32.2. The van der Waals surface area contributed by atoms with Gasteiger partial charge in [0.25, 0.3) is 0 Å². The van der Waals surface area contributed by atoms with Crippen LogP contribution in [-0.4, -0.2) is 44.7 Å². The molecule has 0 aromatic heterocycles. The zero-order valence-corrected chi connectivity index (χ0v) is 14.4. The van der Waals surface area contributed by atoms with Gasteiger partial charge in [-0.3, -0.25) is 0 Å². The van der Waals surface area contributed by atoms with Gasteiger partial charge in [0.2, 0.25) is 10.0 Å². The van der Waals surface area contributed by atoms with E-state index in [9.17, 15) is 16.8 Å². The second kappa shape index (κ2) is 5.32. The van der Waals surface area contributed by atoms with Gasteiger partial charge in [-0.15, -0.1) is 0 Å². The molecular weight excluding hydrogens is 322 g/mol. The second-order valence-electron chi connectivity index (χ2n) is 6.46. The molecular formula is C15H21NO4S2. The molecule has 22 heavy (non-hydrogen) atoms. The molecule has 2 heterocycles. The summed E-state index contributed by atoms with van der Waals surface area (Å²) in [6, 6.07) is 6.46. The van der Waals surface area contributed by atoms with Gasteiger partial charge in [0.05, 0.1) is 10.1 Å². The van der Waals surface area contributed by atoms with Crippen LogP contribution in [0.5, 0.6) is 0 Å². The van der Waals surface area contributed by atoms with Crippen LogP contribution >= 0.6 is 0 Å². The summed E-state index contributed by atoms with van der Waals surface area (Å²) in [5.74, 6) is 0. The van der Waals surface area contributed by atoms with Crippen LogP contribution < -0.4 is 0 Å². The normalized spacial score (nSPS) is 29.6. The Morgan fingerprint density at radius 3 is 1.91 bits per heavy atom. The van der Waals surface area contributed by atoms with Gasteiger partial charge in [0.15, 0.2) is 0 Å². The Morgan fingerprint density at radius 2 is 1.45 bits per heavy atom. The Hall–Kier alpha value is -0.920. The number of hydrogen-bond donors (Lipinski definition) is 0. The summed E-state index contributed by atoms with van der Waals surface area (Å²) in [7, 11) is -6.66. The third-order valence-electron chi connectivity index (χ3n) is 4.82. The molecule has 7 heteroatoms. The fourth-order valence-electron chi connectivity index (χ4n) is 3.66. The number of sulfonamides is 1. The summed E-state index contributed by atoms with van der Waals surface area (Å²) in [5.41, 5.74) is 1.01. The van der Waals surface area contributed by atoms with E-state index >= 15 is 0 Å². The summed E-state index contributed by atoms with van der Waals surface area (Å²) in [6.45, 7) is 1.91. The number of aryl methyl sites for hydroxylation is 1. The average Bonchev–Trinajstić information content (AvgIpc) is 2.70. The average molecular weight is 343 g/mol. The molecule has 2 saturated heterocycles. The smallest absolute Gasteiger partial charge is 0.229 e. The molecule has 0 saturated carbocycles. The van der Waals surface area contributed by atoms with E-state index < -0.39 is 25.1 Å². The van der Waals surface area contributed by atoms with E-state index in [1.165, 1.54) is 6.26 Å². The van der Waals surface area contributed by atoms with Crippen molar-refractivity contribution in [2.75, 3.05) is 6.26 Å². The van der Waals surface area contributed by atoms with Crippen LogP contribution in [-0.2, 0) is 19.9 Å².